The molecule has 0 aliphatic carbocycles. The van der Waals surface area contributed by atoms with E-state index in [1.807, 2.05) is 6.07 Å². The molecule has 0 aliphatic rings. The number of rotatable bonds is 9. The van der Waals surface area contributed by atoms with Crippen molar-refractivity contribution < 1.29 is 0 Å². The quantitative estimate of drug-likeness (QED) is 0.728. The van der Waals surface area contributed by atoms with Crippen molar-refractivity contribution in [1.82, 2.24) is 20.2 Å². The number of hydrogen-bond donors (Lipinski definition) is 1. The number of aromatic nitrogens is 2. The molecule has 0 saturated heterocycles. The van der Waals surface area contributed by atoms with Crippen molar-refractivity contribution in [3.63, 3.8) is 0 Å². The summed E-state index contributed by atoms with van der Waals surface area (Å²) in [5.41, 5.74) is 0. The highest BCUT2D eigenvalue weighted by atomic mass is 15.1. The molecule has 0 aliphatic heterocycles. The van der Waals surface area contributed by atoms with E-state index in [0.717, 1.165) is 25.5 Å². The first kappa shape index (κ1) is 15.1. The maximum atomic E-state index is 4.20. The van der Waals surface area contributed by atoms with Crippen LogP contribution in [0.1, 0.15) is 39.4 Å². The predicted octanol–water partition coefficient (Wildman–Crippen LogP) is 2.08. The SMILES string of the molecule is CCN(CC)CCCC(C)NCc1ncccn1. The van der Waals surface area contributed by atoms with Crippen LogP contribution in [0.15, 0.2) is 18.5 Å². The first-order valence-corrected chi connectivity index (χ1v) is 6.97. The van der Waals surface area contributed by atoms with Crippen molar-refractivity contribution in [3.8, 4) is 0 Å². The smallest absolute Gasteiger partial charge is 0.141 e. The number of nitrogens with zero attached hydrogens (tertiary/aromatic N) is 3. The second-order valence-electron chi connectivity index (χ2n) is 4.62. The van der Waals surface area contributed by atoms with Crippen LogP contribution in [0.4, 0.5) is 0 Å². The van der Waals surface area contributed by atoms with Gasteiger partial charge in [-0.1, -0.05) is 13.8 Å². The van der Waals surface area contributed by atoms with Gasteiger partial charge in [-0.3, -0.25) is 0 Å². The Morgan fingerprint density at radius 3 is 2.50 bits per heavy atom. The summed E-state index contributed by atoms with van der Waals surface area (Å²) in [6.45, 7) is 10.9. The van der Waals surface area contributed by atoms with Crippen molar-refractivity contribution in [1.29, 1.82) is 0 Å². The molecule has 1 N–H and O–H groups in total. The van der Waals surface area contributed by atoms with Crippen LogP contribution in [0, 0.1) is 0 Å². The van der Waals surface area contributed by atoms with Gasteiger partial charge in [-0.05, 0) is 45.5 Å². The molecule has 1 unspecified atom stereocenters. The van der Waals surface area contributed by atoms with Gasteiger partial charge in [-0.15, -0.1) is 0 Å². The first-order chi connectivity index (χ1) is 8.76. The molecule has 4 heteroatoms. The van der Waals surface area contributed by atoms with E-state index < -0.39 is 0 Å². The molecule has 0 spiro atoms. The van der Waals surface area contributed by atoms with E-state index in [9.17, 15) is 0 Å². The minimum absolute atomic E-state index is 0.518. The third-order valence-corrected chi connectivity index (χ3v) is 3.23. The Morgan fingerprint density at radius 1 is 1.22 bits per heavy atom. The van der Waals surface area contributed by atoms with Gasteiger partial charge in [-0.25, -0.2) is 9.97 Å². The second-order valence-corrected chi connectivity index (χ2v) is 4.62. The Labute approximate surface area is 111 Å². The zero-order valence-electron chi connectivity index (χ0n) is 11.9. The Bertz CT molecular complexity index is 298. The van der Waals surface area contributed by atoms with E-state index in [4.69, 9.17) is 0 Å². The van der Waals surface area contributed by atoms with Crippen LogP contribution < -0.4 is 5.32 Å². The topological polar surface area (TPSA) is 41.0 Å². The third kappa shape index (κ3) is 6.07. The average Bonchev–Trinajstić information content (AvgIpc) is 2.42. The molecule has 1 aromatic heterocycles. The Hall–Kier alpha value is -1.00. The van der Waals surface area contributed by atoms with Crippen LogP contribution >= 0.6 is 0 Å². The second kappa shape index (κ2) is 9.00. The summed E-state index contributed by atoms with van der Waals surface area (Å²) in [4.78, 5) is 10.9. The van der Waals surface area contributed by atoms with Crippen molar-refractivity contribution in [3.05, 3.63) is 24.3 Å². The first-order valence-electron chi connectivity index (χ1n) is 6.97. The van der Waals surface area contributed by atoms with Gasteiger partial charge in [-0.2, -0.15) is 0 Å². The molecular formula is C14H26N4. The van der Waals surface area contributed by atoms with Gasteiger partial charge < -0.3 is 10.2 Å². The fraction of sp³-hybridized carbons (Fsp3) is 0.714. The molecule has 4 nitrogen and oxygen atoms in total. The predicted molar refractivity (Wildman–Crippen MR) is 75.4 cm³/mol. The molecule has 1 aromatic rings. The summed E-state index contributed by atoms with van der Waals surface area (Å²) in [5.74, 6) is 0.869. The van der Waals surface area contributed by atoms with Crippen molar-refractivity contribution in [2.24, 2.45) is 0 Å². The van der Waals surface area contributed by atoms with Crippen LogP contribution in [-0.4, -0.2) is 40.5 Å². The average molecular weight is 250 g/mol. The normalized spacial score (nSPS) is 12.9. The lowest BCUT2D eigenvalue weighted by Crippen LogP contribution is -2.29. The molecule has 0 radical (unpaired) electrons. The lowest BCUT2D eigenvalue weighted by Gasteiger charge is -2.19. The van der Waals surface area contributed by atoms with Crippen molar-refractivity contribution in [2.45, 2.75) is 46.2 Å². The standard InChI is InChI=1S/C14H26N4/c1-4-18(5-2)11-6-8-13(3)17-12-14-15-9-7-10-16-14/h7,9-10,13,17H,4-6,8,11-12H2,1-3H3. The summed E-state index contributed by atoms with van der Waals surface area (Å²) < 4.78 is 0. The maximum Gasteiger partial charge on any atom is 0.141 e. The molecule has 1 rings (SSSR count). The summed E-state index contributed by atoms with van der Waals surface area (Å²) in [5, 5.41) is 3.47. The van der Waals surface area contributed by atoms with Crippen LogP contribution in [0.5, 0.6) is 0 Å². The molecule has 0 saturated carbocycles. The minimum Gasteiger partial charge on any atom is -0.307 e. The van der Waals surface area contributed by atoms with Gasteiger partial charge in [0.25, 0.3) is 0 Å². The third-order valence-electron chi connectivity index (χ3n) is 3.23. The highest BCUT2D eigenvalue weighted by molar-refractivity contribution is 4.88. The molecule has 18 heavy (non-hydrogen) atoms. The Morgan fingerprint density at radius 2 is 1.89 bits per heavy atom. The molecule has 1 atom stereocenters. The van der Waals surface area contributed by atoms with Gasteiger partial charge >= 0.3 is 0 Å². The highest BCUT2D eigenvalue weighted by Gasteiger charge is 2.04. The van der Waals surface area contributed by atoms with Gasteiger partial charge in [0.15, 0.2) is 0 Å². The summed E-state index contributed by atoms with van der Waals surface area (Å²) in [6.07, 6.45) is 6.01. The monoisotopic (exact) mass is 250 g/mol. The Kier molecular flexibility index (Phi) is 7.53. The van der Waals surface area contributed by atoms with Gasteiger partial charge in [0.05, 0.1) is 6.54 Å². The van der Waals surface area contributed by atoms with E-state index >= 15 is 0 Å². The van der Waals surface area contributed by atoms with E-state index in [0.29, 0.717) is 6.04 Å². The van der Waals surface area contributed by atoms with Crippen molar-refractivity contribution in [2.75, 3.05) is 19.6 Å². The molecule has 0 fully saturated rings. The largest absolute Gasteiger partial charge is 0.307 e. The van der Waals surface area contributed by atoms with Crippen molar-refractivity contribution >= 4 is 0 Å². The fourth-order valence-corrected chi connectivity index (χ4v) is 1.95. The lowest BCUT2D eigenvalue weighted by atomic mass is 10.1. The van der Waals surface area contributed by atoms with Gasteiger partial charge in [0, 0.05) is 18.4 Å². The zero-order chi connectivity index (χ0) is 13.2. The lowest BCUT2D eigenvalue weighted by molar-refractivity contribution is 0.290. The molecule has 0 bridgehead atoms. The molecule has 1 heterocycles. The molecule has 0 aromatic carbocycles. The summed E-state index contributed by atoms with van der Waals surface area (Å²) >= 11 is 0. The fourth-order valence-electron chi connectivity index (χ4n) is 1.95. The molecular weight excluding hydrogens is 224 g/mol. The van der Waals surface area contributed by atoms with E-state index in [2.05, 4.69) is 41.0 Å². The number of nitrogens with one attached hydrogen (secondary N) is 1. The van der Waals surface area contributed by atoms with Crippen LogP contribution in [-0.2, 0) is 6.54 Å². The molecule has 102 valence electrons. The Balaban J connectivity index is 2.12. The van der Waals surface area contributed by atoms with Crippen LogP contribution in [0.2, 0.25) is 0 Å². The minimum atomic E-state index is 0.518. The van der Waals surface area contributed by atoms with Crippen LogP contribution in [0.3, 0.4) is 0 Å². The van der Waals surface area contributed by atoms with E-state index in [-0.39, 0.29) is 0 Å². The number of hydrogen-bond acceptors (Lipinski definition) is 4. The summed E-state index contributed by atoms with van der Waals surface area (Å²) in [6, 6.07) is 2.36. The highest BCUT2D eigenvalue weighted by Crippen LogP contribution is 2.00. The van der Waals surface area contributed by atoms with Gasteiger partial charge in [0.2, 0.25) is 0 Å². The van der Waals surface area contributed by atoms with Gasteiger partial charge in [0.1, 0.15) is 5.82 Å². The summed E-state index contributed by atoms with van der Waals surface area (Å²) in [7, 11) is 0. The molecule has 0 amide bonds. The maximum absolute atomic E-state index is 4.20. The zero-order valence-corrected chi connectivity index (χ0v) is 11.9. The van der Waals surface area contributed by atoms with E-state index in [1.165, 1.54) is 19.4 Å². The van der Waals surface area contributed by atoms with E-state index in [1.54, 1.807) is 12.4 Å². The van der Waals surface area contributed by atoms with Crippen LogP contribution in [0.25, 0.3) is 0 Å².